The highest BCUT2D eigenvalue weighted by atomic mass is 35.5. The van der Waals surface area contributed by atoms with Crippen LogP contribution in [-0.2, 0) is 4.57 Å². The summed E-state index contributed by atoms with van der Waals surface area (Å²) in [6, 6.07) is 0. The molecule has 0 saturated carbocycles. The van der Waals surface area contributed by atoms with Crippen molar-refractivity contribution in [2.45, 2.75) is 0 Å². The van der Waals surface area contributed by atoms with Crippen LogP contribution in [0.3, 0.4) is 0 Å². The van der Waals surface area contributed by atoms with Crippen LogP contribution in [0.2, 0.25) is 0 Å². The first-order valence-corrected chi connectivity index (χ1v) is 3.85. The number of nitrogens with two attached hydrogens (primary N) is 2. The highest BCUT2D eigenvalue weighted by molar-refractivity contribution is 7.60. The lowest BCUT2D eigenvalue weighted by Crippen LogP contribution is -2.04. The molecule has 0 bridgehead atoms. The van der Waals surface area contributed by atoms with Gasteiger partial charge >= 0.3 is 0 Å². The molecule has 6 heavy (non-hydrogen) atoms. The van der Waals surface area contributed by atoms with Gasteiger partial charge in [-0.2, -0.15) is 0 Å². The first-order chi connectivity index (χ1) is 2.56. The van der Waals surface area contributed by atoms with E-state index in [1.54, 1.807) is 0 Å². The van der Waals surface area contributed by atoms with Gasteiger partial charge in [-0.05, 0) is 0 Å². The predicted molar refractivity (Wildman–Crippen MR) is 26.7 cm³/mol. The summed E-state index contributed by atoms with van der Waals surface area (Å²) in [7, 11) is -2.88. The maximum Gasteiger partial charge on any atom is 0.220 e. The molecule has 0 aromatic rings. The number of hydrogen-bond acceptors (Lipinski definition) is 1. The van der Waals surface area contributed by atoms with E-state index in [9.17, 15) is 4.57 Å². The average molecular weight is 128 g/mol. The summed E-state index contributed by atoms with van der Waals surface area (Å²) >= 11 is 4.96. The third-order valence-electron chi connectivity index (χ3n) is 0.187. The molecule has 0 atom stereocenters. The van der Waals surface area contributed by atoms with E-state index in [-0.39, 0.29) is 5.62 Å². The molecule has 38 valence electrons. The lowest BCUT2D eigenvalue weighted by Gasteiger charge is -1.94. The molecule has 0 amide bonds. The van der Waals surface area contributed by atoms with E-state index in [0.717, 1.165) is 0 Å². The van der Waals surface area contributed by atoms with Gasteiger partial charge in [0.1, 0.15) is 5.62 Å². The second-order valence-electron chi connectivity index (χ2n) is 0.974. The fraction of sp³-hybridized carbons (Fsp3) is 1.00. The lowest BCUT2D eigenvalue weighted by atomic mass is 11.9. The minimum atomic E-state index is -2.88. The maximum absolute atomic E-state index is 10.0. The Hall–Kier alpha value is 0.440. The summed E-state index contributed by atoms with van der Waals surface area (Å²) in [4.78, 5) is 0. The third kappa shape index (κ3) is 4.44. The molecule has 0 aliphatic heterocycles. The van der Waals surface area contributed by atoms with Gasteiger partial charge in [0.2, 0.25) is 7.44 Å². The average Bonchev–Trinajstić information content (AvgIpc) is 1.35. The molecule has 0 aromatic carbocycles. The molecule has 0 aliphatic carbocycles. The molecule has 0 radical (unpaired) electrons. The van der Waals surface area contributed by atoms with Gasteiger partial charge in [-0.1, -0.05) is 0 Å². The summed E-state index contributed by atoms with van der Waals surface area (Å²) in [6.07, 6.45) is 0. The largest absolute Gasteiger partial charge is 0.288 e. The molecule has 0 aromatic heterocycles. The topological polar surface area (TPSA) is 69.1 Å². The molecule has 0 aliphatic rings. The van der Waals surface area contributed by atoms with E-state index in [0.29, 0.717) is 0 Å². The molecule has 5 heteroatoms. The Kier molecular flexibility index (Phi) is 2.08. The zero-order chi connectivity index (χ0) is 5.21. The van der Waals surface area contributed by atoms with Crippen LogP contribution < -0.4 is 11.0 Å². The van der Waals surface area contributed by atoms with E-state index in [2.05, 4.69) is 0 Å². The fourth-order valence-corrected chi connectivity index (χ4v) is 0. The molecular formula is CH6ClN2OP. The summed E-state index contributed by atoms with van der Waals surface area (Å²) in [6.45, 7) is 0. The third-order valence-corrected chi connectivity index (χ3v) is 1.68. The van der Waals surface area contributed by atoms with Crippen LogP contribution in [0.15, 0.2) is 0 Å². The summed E-state index contributed by atoms with van der Waals surface area (Å²) in [5.74, 6) is 0. The summed E-state index contributed by atoms with van der Waals surface area (Å²) in [5, 5.41) is 0. The Bertz CT molecular complexity index is 77.6. The van der Waals surface area contributed by atoms with Crippen molar-refractivity contribution < 1.29 is 4.57 Å². The second-order valence-corrected chi connectivity index (χ2v) is 3.64. The van der Waals surface area contributed by atoms with Crippen molar-refractivity contribution in [2.24, 2.45) is 11.0 Å². The molecule has 0 heterocycles. The first-order valence-electron chi connectivity index (χ1n) is 1.28. The zero-order valence-corrected chi connectivity index (χ0v) is 4.75. The standard InChI is InChI=1S/CH6ClN2OP/c2-1-6(3,4)5/h1H2,(H4,3,4,5). The van der Waals surface area contributed by atoms with E-state index in [4.69, 9.17) is 22.6 Å². The number of rotatable bonds is 1. The SMILES string of the molecule is NP(N)(=O)CCl. The van der Waals surface area contributed by atoms with Crippen molar-refractivity contribution in [2.75, 3.05) is 5.62 Å². The monoisotopic (exact) mass is 128 g/mol. The molecule has 3 nitrogen and oxygen atoms in total. The van der Waals surface area contributed by atoms with Crippen LogP contribution in [0, 0.1) is 0 Å². The molecular weight excluding hydrogens is 122 g/mol. The Balaban J connectivity index is 3.48. The van der Waals surface area contributed by atoms with Crippen molar-refractivity contribution >= 4 is 19.0 Å². The van der Waals surface area contributed by atoms with Crippen molar-refractivity contribution in [3.05, 3.63) is 0 Å². The zero-order valence-electron chi connectivity index (χ0n) is 3.10. The first kappa shape index (κ1) is 6.44. The van der Waals surface area contributed by atoms with Crippen molar-refractivity contribution in [3.63, 3.8) is 0 Å². The van der Waals surface area contributed by atoms with Gasteiger partial charge in [0.15, 0.2) is 0 Å². The molecule has 0 rings (SSSR count). The normalized spacial score (nSPS) is 11.8. The summed E-state index contributed by atoms with van der Waals surface area (Å²) < 4.78 is 10.0. The number of hydrogen-bond donors (Lipinski definition) is 2. The lowest BCUT2D eigenvalue weighted by molar-refractivity contribution is 0.579. The second kappa shape index (κ2) is 1.94. The van der Waals surface area contributed by atoms with Gasteiger partial charge in [0, 0.05) is 0 Å². The minimum absolute atomic E-state index is 0.146. The van der Waals surface area contributed by atoms with E-state index in [1.807, 2.05) is 0 Å². The molecule has 0 spiro atoms. The summed E-state index contributed by atoms with van der Waals surface area (Å²) in [5.41, 5.74) is 9.33. The van der Waals surface area contributed by atoms with Crippen LogP contribution in [-0.4, -0.2) is 5.62 Å². The number of halogens is 1. The van der Waals surface area contributed by atoms with E-state index >= 15 is 0 Å². The van der Waals surface area contributed by atoms with Gasteiger partial charge in [0.25, 0.3) is 0 Å². The maximum atomic E-state index is 10.0. The quantitative estimate of drug-likeness (QED) is 0.394. The van der Waals surface area contributed by atoms with Crippen LogP contribution in [0.25, 0.3) is 0 Å². The molecule has 0 saturated heterocycles. The molecule has 4 N–H and O–H groups in total. The van der Waals surface area contributed by atoms with Gasteiger partial charge in [-0.15, -0.1) is 11.6 Å². The predicted octanol–water partition coefficient (Wildman–Crippen LogP) is 0.293. The van der Waals surface area contributed by atoms with Crippen molar-refractivity contribution in [1.82, 2.24) is 0 Å². The Morgan fingerprint density at radius 2 is 1.83 bits per heavy atom. The smallest absolute Gasteiger partial charge is 0.220 e. The molecule has 0 fully saturated rings. The van der Waals surface area contributed by atoms with Gasteiger partial charge < -0.3 is 0 Å². The number of alkyl halides is 1. The Morgan fingerprint density at radius 1 is 1.67 bits per heavy atom. The van der Waals surface area contributed by atoms with Gasteiger partial charge in [0.05, 0.1) is 0 Å². The highest BCUT2D eigenvalue weighted by Crippen LogP contribution is 2.24. The fourth-order valence-electron chi connectivity index (χ4n) is 0. The van der Waals surface area contributed by atoms with Crippen molar-refractivity contribution in [1.29, 1.82) is 0 Å². The highest BCUT2D eigenvalue weighted by Gasteiger charge is 2.01. The van der Waals surface area contributed by atoms with Crippen LogP contribution >= 0.6 is 19.0 Å². The van der Waals surface area contributed by atoms with E-state index in [1.165, 1.54) is 0 Å². The molecule has 0 unspecified atom stereocenters. The van der Waals surface area contributed by atoms with Gasteiger partial charge in [-0.25, -0.2) is 0 Å². The Labute approximate surface area is 41.1 Å². The van der Waals surface area contributed by atoms with Crippen LogP contribution in [0.1, 0.15) is 0 Å². The van der Waals surface area contributed by atoms with Crippen LogP contribution in [0.4, 0.5) is 0 Å². The van der Waals surface area contributed by atoms with E-state index < -0.39 is 7.44 Å². The van der Waals surface area contributed by atoms with Crippen molar-refractivity contribution in [3.8, 4) is 0 Å². The minimum Gasteiger partial charge on any atom is -0.288 e. The van der Waals surface area contributed by atoms with Gasteiger partial charge in [-0.3, -0.25) is 15.6 Å². The van der Waals surface area contributed by atoms with Crippen LogP contribution in [0.5, 0.6) is 0 Å². The Morgan fingerprint density at radius 3 is 1.83 bits per heavy atom.